The number of likely N-dealkylation sites (tertiary alicyclic amines) is 1. The van der Waals surface area contributed by atoms with Gasteiger partial charge in [0.15, 0.2) is 0 Å². The van der Waals surface area contributed by atoms with Crippen molar-refractivity contribution in [1.82, 2.24) is 10.2 Å². The number of carbonyl (C=O) groups is 2. The second-order valence-corrected chi connectivity index (χ2v) is 5.68. The minimum absolute atomic E-state index is 0.281. The van der Waals surface area contributed by atoms with Gasteiger partial charge in [0.05, 0.1) is 6.04 Å². The van der Waals surface area contributed by atoms with Crippen molar-refractivity contribution < 1.29 is 19.1 Å². The van der Waals surface area contributed by atoms with Gasteiger partial charge in [0.25, 0.3) is 0 Å². The lowest BCUT2D eigenvalue weighted by Crippen LogP contribution is -2.49. The first-order chi connectivity index (χ1) is 8.74. The topological polar surface area (TPSA) is 75.7 Å². The molecule has 0 saturated carbocycles. The monoisotopic (exact) mass is 269 g/mol. The molecule has 0 spiro atoms. The molecule has 1 rings (SSSR count). The lowest BCUT2D eigenvalue weighted by molar-refractivity contribution is -0.132. The van der Waals surface area contributed by atoms with E-state index in [1.807, 2.05) is 6.29 Å². The zero-order chi connectivity index (χ0) is 14.6. The van der Waals surface area contributed by atoms with Crippen LogP contribution in [0.3, 0.4) is 0 Å². The third-order valence-corrected chi connectivity index (χ3v) is 2.78. The molecule has 6 nitrogen and oxygen atoms in total. The van der Waals surface area contributed by atoms with Crippen LogP contribution in [0.1, 0.15) is 40.5 Å². The highest BCUT2D eigenvalue weighted by molar-refractivity contribution is 5.87. The summed E-state index contributed by atoms with van der Waals surface area (Å²) in [5.74, 6) is -0.281. The molecule has 1 aliphatic rings. The Morgan fingerprint density at radius 1 is 1.42 bits per heavy atom. The smallest absolute Gasteiger partial charge is 0.408 e. The van der Waals surface area contributed by atoms with E-state index in [0.717, 1.165) is 6.42 Å². The summed E-state index contributed by atoms with van der Waals surface area (Å²) in [5.41, 5.74) is -0.612. The Bertz CT molecular complexity index is 362. The van der Waals surface area contributed by atoms with Crippen LogP contribution < -0.4 is 5.32 Å². The molecule has 0 aromatic carbocycles. The molecular weight excluding hydrogens is 248 g/mol. The molecular formula is C13H21N2O4. The standard InChI is InChI=1S/C13H21N2O4/c1-9(14-12(18)19-13(2,3)4)11(17)15-7-5-6-10(15)8-16/h9-10H,5-7H2,1-4H3,(H,14,18)/t9-,10-/m0/s1. The van der Waals surface area contributed by atoms with Crippen LogP contribution in [0.5, 0.6) is 0 Å². The van der Waals surface area contributed by atoms with Crippen LogP contribution in [0.2, 0.25) is 0 Å². The normalized spacial score (nSPS) is 20.8. The number of hydrogen-bond donors (Lipinski definition) is 1. The number of alkyl carbamates (subject to hydrolysis) is 1. The third kappa shape index (κ3) is 4.54. The van der Waals surface area contributed by atoms with E-state index in [-0.39, 0.29) is 5.91 Å². The molecule has 1 saturated heterocycles. The molecule has 0 bridgehead atoms. The Morgan fingerprint density at radius 3 is 2.58 bits per heavy atom. The van der Waals surface area contributed by atoms with Crippen molar-refractivity contribution in [2.75, 3.05) is 6.54 Å². The first-order valence-corrected chi connectivity index (χ1v) is 6.42. The molecule has 107 valence electrons. The van der Waals surface area contributed by atoms with Crippen molar-refractivity contribution in [2.24, 2.45) is 0 Å². The Kier molecular flexibility index (Phi) is 4.91. The second kappa shape index (κ2) is 6.04. The maximum Gasteiger partial charge on any atom is 0.408 e. The van der Waals surface area contributed by atoms with E-state index >= 15 is 0 Å². The van der Waals surface area contributed by atoms with Gasteiger partial charge in [-0.25, -0.2) is 4.79 Å². The predicted octanol–water partition coefficient (Wildman–Crippen LogP) is 1.00. The molecule has 0 aromatic rings. The molecule has 19 heavy (non-hydrogen) atoms. The average molecular weight is 269 g/mol. The van der Waals surface area contributed by atoms with Crippen LogP contribution >= 0.6 is 0 Å². The first kappa shape index (κ1) is 15.5. The number of nitrogens with one attached hydrogen (secondary N) is 1. The van der Waals surface area contributed by atoms with E-state index in [1.54, 1.807) is 27.7 Å². The molecule has 1 N–H and O–H groups in total. The quantitative estimate of drug-likeness (QED) is 0.829. The van der Waals surface area contributed by atoms with Crippen molar-refractivity contribution in [2.45, 2.75) is 58.2 Å². The van der Waals surface area contributed by atoms with Gasteiger partial charge in [-0.2, -0.15) is 0 Å². The van der Waals surface area contributed by atoms with E-state index in [2.05, 4.69) is 5.32 Å². The average Bonchev–Trinajstić information content (AvgIpc) is 2.72. The third-order valence-electron chi connectivity index (χ3n) is 2.78. The van der Waals surface area contributed by atoms with Gasteiger partial charge in [-0.3, -0.25) is 9.59 Å². The van der Waals surface area contributed by atoms with E-state index in [4.69, 9.17) is 4.74 Å². The Balaban J connectivity index is 2.53. The highest BCUT2D eigenvalue weighted by atomic mass is 16.6. The van der Waals surface area contributed by atoms with Crippen molar-refractivity contribution in [3.05, 3.63) is 0 Å². The van der Waals surface area contributed by atoms with Crippen molar-refractivity contribution in [1.29, 1.82) is 0 Å². The molecule has 6 heteroatoms. The van der Waals surface area contributed by atoms with Gasteiger partial charge in [0.2, 0.25) is 12.2 Å². The molecule has 2 amide bonds. The molecule has 2 atom stereocenters. The molecule has 0 aromatic heterocycles. The van der Waals surface area contributed by atoms with Crippen molar-refractivity contribution >= 4 is 18.3 Å². The summed E-state index contributed by atoms with van der Waals surface area (Å²) in [6, 6.07) is -1.21. The summed E-state index contributed by atoms with van der Waals surface area (Å²) < 4.78 is 5.08. The van der Waals surface area contributed by atoms with Crippen LogP contribution in [-0.2, 0) is 14.3 Å². The first-order valence-electron chi connectivity index (χ1n) is 6.42. The minimum atomic E-state index is -0.719. The zero-order valence-corrected chi connectivity index (χ0v) is 11.9. The van der Waals surface area contributed by atoms with E-state index < -0.39 is 23.8 Å². The Morgan fingerprint density at radius 2 is 2.05 bits per heavy atom. The number of hydrogen-bond acceptors (Lipinski definition) is 4. The number of rotatable bonds is 3. The van der Waals surface area contributed by atoms with Crippen LogP contribution in [0, 0.1) is 0 Å². The van der Waals surface area contributed by atoms with E-state index in [1.165, 1.54) is 4.90 Å². The largest absolute Gasteiger partial charge is 0.444 e. The highest BCUT2D eigenvalue weighted by Crippen LogP contribution is 2.16. The fourth-order valence-corrected chi connectivity index (χ4v) is 1.95. The van der Waals surface area contributed by atoms with Crippen molar-refractivity contribution in [3.63, 3.8) is 0 Å². The highest BCUT2D eigenvalue weighted by Gasteiger charge is 2.32. The van der Waals surface area contributed by atoms with Crippen LogP contribution in [0.25, 0.3) is 0 Å². The maximum absolute atomic E-state index is 12.1. The van der Waals surface area contributed by atoms with Gasteiger partial charge in [-0.05, 0) is 40.5 Å². The minimum Gasteiger partial charge on any atom is -0.444 e. The number of ether oxygens (including phenoxy) is 1. The van der Waals surface area contributed by atoms with E-state index in [0.29, 0.717) is 13.0 Å². The summed E-state index contributed by atoms with van der Waals surface area (Å²) in [5, 5.41) is 2.48. The van der Waals surface area contributed by atoms with Crippen molar-refractivity contribution in [3.8, 4) is 0 Å². The SMILES string of the molecule is C[C@H](NC(=O)OC(C)(C)C)C(=O)N1CCC[C@H]1[C]=O. The number of amides is 2. The van der Waals surface area contributed by atoms with Gasteiger partial charge < -0.3 is 15.0 Å². The van der Waals surface area contributed by atoms with Gasteiger partial charge in [0.1, 0.15) is 11.6 Å². The van der Waals surface area contributed by atoms with E-state index in [9.17, 15) is 14.4 Å². The Labute approximate surface area is 113 Å². The maximum atomic E-state index is 12.1. The van der Waals surface area contributed by atoms with Crippen LogP contribution in [-0.4, -0.2) is 47.4 Å². The summed E-state index contributed by atoms with van der Waals surface area (Å²) in [6.45, 7) is 7.34. The van der Waals surface area contributed by atoms with Gasteiger partial charge in [0, 0.05) is 6.54 Å². The fraction of sp³-hybridized carbons (Fsp3) is 0.769. The molecule has 1 aliphatic heterocycles. The lowest BCUT2D eigenvalue weighted by atomic mass is 10.2. The summed E-state index contributed by atoms with van der Waals surface area (Å²) in [6.07, 6.45) is 2.63. The molecule has 1 radical (unpaired) electrons. The molecule has 1 heterocycles. The fourth-order valence-electron chi connectivity index (χ4n) is 1.95. The summed E-state index contributed by atoms with van der Waals surface area (Å²) in [4.78, 5) is 35.8. The number of nitrogens with zero attached hydrogens (tertiary/aromatic N) is 1. The Hall–Kier alpha value is -1.59. The van der Waals surface area contributed by atoms with Gasteiger partial charge in [-0.1, -0.05) is 0 Å². The second-order valence-electron chi connectivity index (χ2n) is 5.68. The number of carbonyl (C=O) groups excluding carboxylic acids is 3. The zero-order valence-electron chi connectivity index (χ0n) is 11.9. The van der Waals surface area contributed by atoms with Gasteiger partial charge in [-0.15, -0.1) is 0 Å². The molecule has 0 aliphatic carbocycles. The summed E-state index contributed by atoms with van der Waals surface area (Å²) in [7, 11) is 0. The lowest BCUT2D eigenvalue weighted by Gasteiger charge is -2.25. The molecule has 1 fully saturated rings. The van der Waals surface area contributed by atoms with Crippen LogP contribution in [0.4, 0.5) is 4.79 Å². The molecule has 0 unspecified atom stereocenters. The predicted molar refractivity (Wildman–Crippen MR) is 69.3 cm³/mol. The van der Waals surface area contributed by atoms with Gasteiger partial charge >= 0.3 is 6.09 Å². The van der Waals surface area contributed by atoms with Crippen LogP contribution in [0.15, 0.2) is 0 Å². The summed E-state index contributed by atoms with van der Waals surface area (Å²) >= 11 is 0.